The average Bonchev–Trinajstić information content (AvgIpc) is 3.03. The molecule has 1 saturated carbocycles. The van der Waals surface area contributed by atoms with Gasteiger partial charge in [0.25, 0.3) is 0 Å². The summed E-state index contributed by atoms with van der Waals surface area (Å²) < 4.78 is 0. The molecular weight excluding hydrogens is 259 g/mol. The van der Waals surface area contributed by atoms with Gasteiger partial charge in [0, 0.05) is 0 Å². The fraction of sp³-hybridized carbons (Fsp3) is 0.462. The van der Waals surface area contributed by atoms with E-state index in [4.69, 9.17) is 28.3 Å². The largest absolute Gasteiger partial charge is 0.481 e. The summed E-state index contributed by atoms with van der Waals surface area (Å²) in [4.78, 5) is 10.8. The Bertz CT molecular complexity index is 445. The second-order valence-electron chi connectivity index (χ2n) is 4.77. The van der Waals surface area contributed by atoms with Crippen molar-refractivity contribution in [1.82, 2.24) is 0 Å². The highest BCUT2D eigenvalue weighted by molar-refractivity contribution is 6.42. The lowest BCUT2D eigenvalue weighted by Crippen LogP contribution is -2.08. The molecule has 0 heterocycles. The van der Waals surface area contributed by atoms with Crippen LogP contribution in [0.3, 0.4) is 0 Å². The standard InChI is InChI=1S/C13H14Cl2O2/c1-7(9-6-10(9)13(16)17)4-8-2-3-11(14)12(15)5-8/h2-3,5,7,9-10H,4,6H2,1H3,(H,16,17). The van der Waals surface area contributed by atoms with Crippen molar-refractivity contribution in [2.45, 2.75) is 19.8 Å². The molecule has 1 aromatic carbocycles. The van der Waals surface area contributed by atoms with Gasteiger partial charge in [-0.25, -0.2) is 0 Å². The zero-order chi connectivity index (χ0) is 12.6. The minimum absolute atomic E-state index is 0.146. The molecule has 92 valence electrons. The number of rotatable bonds is 4. The molecule has 1 aliphatic rings. The zero-order valence-corrected chi connectivity index (χ0v) is 11.0. The van der Waals surface area contributed by atoms with Gasteiger partial charge >= 0.3 is 5.97 Å². The van der Waals surface area contributed by atoms with E-state index in [2.05, 4.69) is 6.92 Å². The fourth-order valence-corrected chi connectivity index (χ4v) is 2.64. The van der Waals surface area contributed by atoms with Gasteiger partial charge in [0.1, 0.15) is 0 Å². The van der Waals surface area contributed by atoms with Crippen LogP contribution in [0.1, 0.15) is 18.9 Å². The predicted molar refractivity (Wildman–Crippen MR) is 68.6 cm³/mol. The third kappa shape index (κ3) is 2.93. The summed E-state index contributed by atoms with van der Waals surface area (Å²) in [6.45, 7) is 2.09. The van der Waals surface area contributed by atoms with Gasteiger partial charge in [0.15, 0.2) is 0 Å². The lowest BCUT2D eigenvalue weighted by Gasteiger charge is -2.11. The lowest BCUT2D eigenvalue weighted by molar-refractivity contribution is -0.139. The molecule has 0 aliphatic heterocycles. The van der Waals surface area contributed by atoms with Crippen molar-refractivity contribution in [1.29, 1.82) is 0 Å². The molecule has 0 aromatic heterocycles. The molecule has 0 radical (unpaired) electrons. The Labute approximate surface area is 111 Å². The molecule has 0 spiro atoms. The maximum absolute atomic E-state index is 10.8. The maximum atomic E-state index is 10.8. The molecule has 1 aromatic rings. The van der Waals surface area contributed by atoms with Gasteiger partial charge in [-0.05, 0) is 42.4 Å². The molecule has 1 aliphatic carbocycles. The number of carboxylic acid groups (broad SMARTS) is 1. The molecule has 0 saturated heterocycles. The normalized spacial score (nSPS) is 24.4. The molecule has 1 N–H and O–H groups in total. The molecule has 3 atom stereocenters. The molecular formula is C13H14Cl2O2. The van der Waals surface area contributed by atoms with Crippen LogP contribution in [0.15, 0.2) is 18.2 Å². The summed E-state index contributed by atoms with van der Waals surface area (Å²) in [7, 11) is 0. The Hall–Kier alpha value is -0.730. The van der Waals surface area contributed by atoms with Crippen molar-refractivity contribution in [3.63, 3.8) is 0 Å². The maximum Gasteiger partial charge on any atom is 0.306 e. The van der Waals surface area contributed by atoms with Gasteiger partial charge in [-0.15, -0.1) is 0 Å². The van der Waals surface area contributed by atoms with E-state index in [0.29, 0.717) is 21.9 Å². The zero-order valence-electron chi connectivity index (χ0n) is 9.49. The van der Waals surface area contributed by atoms with Crippen LogP contribution in [-0.4, -0.2) is 11.1 Å². The summed E-state index contributed by atoms with van der Waals surface area (Å²) in [5.74, 6) is -0.140. The molecule has 17 heavy (non-hydrogen) atoms. The fourth-order valence-electron chi connectivity index (χ4n) is 2.32. The number of aliphatic carboxylic acids is 1. The van der Waals surface area contributed by atoms with Crippen molar-refractivity contribution >= 4 is 29.2 Å². The predicted octanol–water partition coefficient (Wildman–Crippen LogP) is 3.89. The monoisotopic (exact) mass is 272 g/mol. The first-order valence-corrected chi connectivity index (χ1v) is 6.41. The summed E-state index contributed by atoms with van der Waals surface area (Å²) >= 11 is 11.8. The number of carbonyl (C=O) groups is 1. The second-order valence-corrected chi connectivity index (χ2v) is 5.59. The first-order valence-electron chi connectivity index (χ1n) is 5.65. The molecule has 1 fully saturated rings. The van der Waals surface area contributed by atoms with E-state index in [-0.39, 0.29) is 5.92 Å². The van der Waals surface area contributed by atoms with Crippen molar-refractivity contribution < 1.29 is 9.90 Å². The molecule has 2 nitrogen and oxygen atoms in total. The van der Waals surface area contributed by atoms with E-state index in [1.807, 2.05) is 12.1 Å². The van der Waals surface area contributed by atoms with Crippen LogP contribution in [0.2, 0.25) is 10.0 Å². The Kier molecular flexibility index (Phi) is 3.64. The molecule has 0 amide bonds. The summed E-state index contributed by atoms with van der Waals surface area (Å²) in [5.41, 5.74) is 1.11. The molecule has 0 bridgehead atoms. The number of benzene rings is 1. The van der Waals surface area contributed by atoms with Gasteiger partial charge in [-0.2, -0.15) is 0 Å². The first kappa shape index (κ1) is 12.7. The molecule has 3 unspecified atom stereocenters. The van der Waals surface area contributed by atoms with Gasteiger partial charge in [-0.3, -0.25) is 4.79 Å². The van der Waals surface area contributed by atoms with E-state index in [0.717, 1.165) is 18.4 Å². The number of carboxylic acids is 1. The summed E-state index contributed by atoms with van der Waals surface area (Å²) in [5, 5.41) is 9.99. The van der Waals surface area contributed by atoms with E-state index in [1.165, 1.54) is 0 Å². The number of hydrogen-bond acceptors (Lipinski definition) is 1. The van der Waals surface area contributed by atoms with Crippen LogP contribution >= 0.6 is 23.2 Å². The van der Waals surface area contributed by atoms with Crippen LogP contribution in [0.4, 0.5) is 0 Å². The summed E-state index contributed by atoms with van der Waals surface area (Å²) in [6.07, 6.45) is 1.66. The highest BCUT2D eigenvalue weighted by Crippen LogP contribution is 2.45. The van der Waals surface area contributed by atoms with E-state index in [1.54, 1.807) is 6.07 Å². The van der Waals surface area contributed by atoms with E-state index in [9.17, 15) is 4.79 Å². The van der Waals surface area contributed by atoms with Crippen molar-refractivity contribution in [2.75, 3.05) is 0 Å². The third-order valence-electron chi connectivity index (χ3n) is 3.43. The van der Waals surface area contributed by atoms with E-state index >= 15 is 0 Å². The second kappa shape index (κ2) is 4.87. The number of hydrogen-bond donors (Lipinski definition) is 1. The Morgan fingerprint density at radius 3 is 2.71 bits per heavy atom. The Balaban J connectivity index is 1.97. The van der Waals surface area contributed by atoms with Crippen LogP contribution in [0.5, 0.6) is 0 Å². The van der Waals surface area contributed by atoms with E-state index < -0.39 is 5.97 Å². The summed E-state index contributed by atoms with van der Waals surface area (Å²) in [6, 6.07) is 5.59. The smallest absolute Gasteiger partial charge is 0.306 e. The topological polar surface area (TPSA) is 37.3 Å². The van der Waals surface area contributed by atoms with Gasteiger partial charge < -0.3 is 5.11 Å². The van der Waals surface area contributed by atoms with Crippen LogP contribution in [0, 0.1) is 17.8 Å². The van der Waals surface area contributed by atoms with Crippen LogP contribution in [-0.2, 0) is 11.2 Å². The quantitative estimate of drug-likeness (QED) is 0.903. The Morgan fingerprint density at radius 2 is 2.18 bits per heavy atom. The van der Waals surface area contributed by atoms with Crippen molar-refractivity contribution in [3.8, 4) is 0 Å². The highest BCUT2D eigenvalue weighted by atomic mass is 35.5. The Morgan fingerprint density at radius 1 is 1.47 bits per heavy atom. The minimum Gasteiger partial charge on any atom is -0.481 e. The lowest BCUT2D eigenvalue weighted by atomic mass is 9.95. The highest BCUT2D eigenvalue weighted by Gasteiger charge is 2.45. The van der Waals surface area contributed by atoms with Gasteiger partial charge in [0.05, 0.1) is 16.0 Å². The third-order valence-corrected chi connectivity index (χ3v) is 4.17. The first-order chi connectivity index (χ1) is 7.99. The number of halogens is 2. The molecule has 2 rings (SSSR count). The van der Waals surface area contributed by atoms with Crippen LogP contribution in [0.25, 0.3) is 0 Å². The minimum atomic E-state index is -0.670. The van der Waals surface area contributed by atoms with Crippen LogP contribution < -0.4 is 0 Å². The SMILES string of the molecule is CC(Cc1ccc(Cl)c(Cl)c1)C1CC1C(=O)O. The average molecular weight is 273 g/mol. The molecule has 4 heteroatoms. The van der Waals surface area contributed by atoms with Crippen molar-refractivity contribution in [2.24, 2.45) is 17.8 Å². The van der Waals surface area contributed by atoms with Crippen molar-refractivity contribution in [3.05, 3.63) is 33.8 Å². The van der Waals surface area contributed by atoms with Gasteiger partial charge in [-0.1, -0.05) is 36.2 Å². The van der Waals surface area contributed by atoms with Gasteiger partial charge in [0.2, 0.25) is 0 Å².